The molecule has 25 heavy (non-hydrogen) atoms. The zero-order valence-corrected chi connectivity index (χ0v) is 14.5. The minimum absolute atomic E-state index is 0.658. The first-order chi connectivity index (χ1) is 12.3. The summed E-state index contributed by atoms with van der Waals surface area (Å²) in [4.78, 5) is 9.71. The van der Waals surface area contributed by atoms with E-state index in [4.69, 9.17) is 9.72 Å². The van der Waals surface area contributed by atoms with Crippen LogP contribution in [-0.2, 0) is 4.74 Å². The summed E-state index contributed by atoms with van der Waals surface area (Å²) in [5, 5.41) is 10.5. The number of hydrogen-bond donors (Lipinski definition) is 0. The van der Waals surface area contributed by atoms with Crippen LogP contribution in [0.15, 0.2) is 30.3 Å². The van der Waals surface area contributed by atoms with Crippen molar-refractivity contribution in [1.29, 1.82) is 5.26 Å². The minimum Gasteiger partial charge on any atom is -0.379 e. The van der Waals surface area contributed by atoms with Crippen molar-refractivity contribution in [3.8, 4) is 6.07 Å². The van der Waals surface area contributed by atoms with Crippen molar-refractivity contribution >= 4 is 16.7 Å². The fourth-order valence-corrected chi connectivity index (χ4v) is 3.99. The Hall–Kier alpha value is -2.16. The number of nitriles is 1. The molecule has 1 atom stereocenters. The molecule has 4 rings (SSSR count). The number of benzene rings is 1. The molecule has 0 radical (unpaired) electrons. The molecule has 2 saturated heterocycles. The van der Waals surface area contributed by atoms with E-state index in [2.05, 4.69) is 15.9 Å². The van der Waals surface area contributed by atoms with E-state index in [1.165, 1.54) is 12.8 Å². The van der Waals surface area contributed by atoms with Crippen LogP contribution in [0.5, 0.6) is 0 Å². The third-order valence-electron chi connectivity index (χ3n) is 5.29. The first kappa shape index (κ1) is 16.3. The van der Waals surface area contributed by atoms with Gasteiger partial charge < -0.3 is 9.64 Å². The highest BCUT2D eigenvalue weighted by atomic mass is 16.5. The number of nitrogens with zero attached hydrogens (tertiary/aromatic N) is 4. The van der Waals surface area contributed by atoms with Crippen molar-refractivity contribution in [1.82, 2.24) is 9.88 Å². The number of para-hydroxylation sites is 1. The molecule has 0 bridgehead atoms. The maximum atomic E-state index is 9.51. The summed E-state index contributed by atoms with van der Waals surface area (Å²) in [7, 11) is 0. The van der Waals surface area contributed by atoms with Crippen LogP contribution in [0, 0.1) is 17.2 Å². The molecule has 0 aliphatic carbocycles. The Morgan fingerprint density at radius 3 is 2.88 bits per heavy atom. The molecule has 5 heteroatoms. The number of ether oxygens (including phenoxy) is 1. The van der Waals surface area contributed by atoms with Crippen molar-refractivity contribution in [2.45, 2.75) is 12.8 Å². The highest BCUT2D eigenvalue weighted by Crippen LogP contribution is 2.27. The summed E-state index contributed by atoms with van der Waals surface area (Å²) >= 11 is 0. The lowest BCUT2D eigenvalue weighted by Crippen LogP contribution is -2.44. The summed E-state index contributed by atoms with van der Waals surface area (Å²) in [5.41, 5.74) is 1.63. The van der Waals surface area contributed by atoms with Gasteiger partial charge in [0, 0.05) is 38.1 Å². The standard InChI is InChI=1S/C20H24N4O/c21-13-17-12-20(22-19-6-2-1-5-18(17)19)24-7-3-4-16(15-24)14-23-8-10-25-11-9-23/h1-2,5-6,12,16H,3-4,7-11,14-15H2/t16-/m1/s1. The van der Waals surface area contributed by atoms with E-state index >= 15 is 0 Å². The number of aromatic nitrogens is 1. The Kier molecular flexibility index (Phi) is 4.82. The third-order valence-corrected chi connectivity index (χ3v) is 5.29. The van der Waals surface area contributed by atoms with Gasteiger partial charge in [0.2, 0.25) is 0 Å². The van der Waals surface area contributed by atoms with Crippen LogP contribution >= 0.6 is 0 Å². The zero-order valence-electron chi connectivity index (χ0n) is 14.5. The molecule has 130 valence electrons. The number of anilines is 1. The van der Waals surface area contributed by atoms with Crippen LogP contribution in [-0.4, -0.2) is 55.8 Å². The lowest BCUT2D eigenvalue weighted by Gasteiger charge is -2.37. The van der Waals surface area contributed by atoms with E-state index in [1.807, 2.05) is 30.3 Å². The normalized spacial score (nSPS) is 22.0. The molecule has 0 unspecified atom stereocenters. The van der Waals surface area contributed by atoms with Gasteiger partial charge in [-0.1, -0.05) is 18.2 Å². The Labute approximate surface area is 148 Å². The Morgan fingerprint density at radius 1 is 1.20 bits per heavy atom. The largest absolute Gasteiger partial charge is 0.379 e. The maximum Gasteiger partial charge on any atom is 0.130 e. The number of hydrogen-bond acceptors (Lipinski definition) is 5. The molecule has 2 aromatic rings. The molecular weight excluding hydrogens is 312 g/mol. The molecule has 5 nitrogen and oxygen atoms in total. The topological polar surface area (TPSA) is 52.4 Å². The van der Waals surface area contributed by atoms with E-state index in [0.717, 1.165) is 68.2 Å². The first-order valence-corrected chi connectivity index (χ1v) is 9.18. The average Bonchev–Trinajstić information content (AvgIpc) is 2.68. The molecular formula is C20H24N4O. The maximum absolute atomic E-state index is 9.51. The van der Waals surface area contributed by atoms with Gasteiger partial charge in [-0.15, -0.1) is 0 Å². The van der Waals surface area contributed by atoms with Gasteiger partial charge in [-0.05, 0) is 30.9 Å². The Bertz CT molecular complexity index is 779. The monoisotopic (exact) mass is 336 g/mol. The number of rotatable bonds is 3. The van der Waals surface area contributed by atoms with E-state index in [0.29, 0.717) is 5.92 Å². The van der Waals surface area contributed by atoms with Crippen molar-refractivity contribution in [3.63, 3.8) is 0 Å². The second-order valence-electron chi connectivity index (χ2n) is 7.02. The van der Waals surface area contributed by atoms with Crippen molar-refractivity contribution in [3.05, 3.63) is 35.9 Å². The molecule has 0 spiro atoms. The van der Waals surface area contributed by atoms with Gasteiger partial charge in [0.05, 0.1) is 30.4 Å². The highest BCUT2D eigenvalue weighted by Gasteiger charge is 2.24. The smallest absolute Gasteiger partial charge is 0.130 e. The number of piperidine rings is 1. The van der Waals surface area contributed by atoms with Crippen molar-refractivity contribution in [2.75, 3.05) is 50.8 Å². The first-order valence-electron chi connectivity index (χ1n) is 9.18. The number of pyridine rings is 1. The summed E-state index contributed by atoms with van der Waals surface area (Å²) in [6, 6.07) is 12.2. The number of fused-ring (bicyclic) bond motifs is 1. The molecule has 2 aliphatic heterocycles. The molecule has 2 aliphatic rings. The van der Waals surface area contributed by atoms with Gasteiger partial charge in [-0.2, -0.15) is 5.26 Å². The van der Waals surface area contributed by atoms with E-state index in [9.17, 15) is 5.26 Å². The summed E-state index contributed by atoms with van der Waals surface area (Å²) in [6.07, 6.45) is 2.46. The van der Waals surface area contributed by atoms with Crippen LogP contribution < -0.4 is 4.90 Å². The van der Waals surface area contributed by atoms with Gasteiger partial charge in [0.1, 0.15) is 5.82 Å². The van der Waals surface area contributed by atoms with Crippen LogP contribution in [0.1, 0.15) is 18.4 Å². The predicted octanol–water partition coefficient (Wildman–Crippen LogP) is 2.66. The third kappa shape index (κ3) is 3.60. The van der Waals surface area contributed by atoms with Gasteiger partial charge in [-0.3, -0.25) is 4.90 Å². The summed E-state index contributed by atoms with van der Waals surface area (Å²) in [6.45, 7) is 6.98. The van der Waals surface area contributed by atoms with Gasteiger partial charge in [-0.25, -0.2) is 4.98 Å². The quantitative estimate of drug-likeness (QED) is 0.862. The number of morpholine rings is 1. The van der Waals surface area contributed by atoms with Crippen LogP contribution in [0.2, 0.25) is 0 Å². The minimum atomic E-state index is 0.658. The second-order valence-corrected chi connectivity index (χ2v) is 7.02. The molecule has 0 N–H and O–H groups in total. The summed E-state index contributed by atoms with van der Waals surface area (Å²) < 4.78 is 5.45. The SMILES string of the molecule is N#Cc1cc(N2CCC[C@H](CN3CCOCC3)C2)nc2ccccc12. The molecule has 0 amide bonds. The summed E-state index contributed by atoms with van der Waals surface area (Å²) in [5.74, 6) is 1.60. The Morgan fingerprint density at radius 2 is 2.04 bits per heavy atom. The fourth-order valence-electron chi connectivity index (χ4n) is 3.99. The fraction of sp³-hybridized carbons (Fsp3) is 0.500. The lowest BCUT2D eigenvalue weighted by atomic mass is 9.97. The van der Waals surface area contributed by atoms with E-state index in [1.54, 1.807) is 0 Å². The average molecular weight is 336 g/mol. The van der Waals surface area contributed by atoms with E-state index < -0.39 is 0 Å². The molecule has 3 heterocycles. The van der Waals surface area contributed by atoms with Crippen molar-refractivity contribution < 1.29 is 4.74 Å². The molecule has 1 aromatic carbocycles. The molecule has 1 aromatic heterocycles. The molecule has 0 saturated carbocycles. The lowest BCUT2D eigenvalue weighted by molar-refractivity contribution is 0.0296. The second kappa shape index (κ2) is 7.38. The van der Waals surface area contributed by atoms with Crippen LogP contribution in [0.25, 0.3) is 10.9 Å². The Balaban J connectivity index is 1.52. The van der Waals surface area contributed by atoms with Crippen molar-refractivity contribution in [2.24, 2.45) is 5.92 Å². The van der Waals surface area contributed by atoms with E-state index in [-0.39, 0.29) is 0 Å². The molecule has 2 fully saturated rings. The van der Waals surface area contributed by atoms with Gasteiger partial charge in [0.15, 0.2) is 0 Å². The predicted molar refractivity (Wildman–Crippen MR) is 98.7 cm³/mol. The van der Waals surface area contributed by atoms with Gasteiger partial charge in [0.25, 0.3) is 0 Å². The van der Waals surface area contributed by atoms with Crippen LogP contribution in [0.4, 0.5) is 5.82 Å². The zero-order chi connectivity index (χ0) is 17.1. The highest BCUT2D eigenvalue weighted by molar-refractivity contribution is 5.86. The van der Waals surface area contributed by atoms with Gasteiger partial charge >= 0.3 is 0 Å². The van der Waals surface area contributed by atoms with Crippen LogP contribution in [0.3, 0.4) is 0 Å².